The van der Waals surface area contributed by atoms with Crippen LogP contribution in [0.1, 0.15) is 0 Å². The lowest BCUT2D eigenvalue weighted by atomic mass is 10.2. The van der Waals surface area contributed by atoms with Crippen LogP contribution in [-0.2, 0) is 19.3 Å². The molecule has 1 aliphatic rings. The number of ether oxygens (including phenoxy) is 3. The quantitative estimate of drug-likeness (QED) is 0.642. The third-order valence-electron chi connectivity index (χ3n) is 3.63. The van der Waals surface area contributed by atoms with Gasteiger partial charge in [0.1, 0.15) is 30.3 Å². The molecule has 0 radical (unpaired) electrons. The van der Waals surface area contributed by atoms with E-state index in [0.717, 1.165) is 49.4 Å². The lowest BCUT2D eigenvalue weighted by Gasteiger charge is -2.37. The van der Waals surface area contributed by atoms with Gasteiger partial charge in [0.25, 0.3) is 0 Å². The van der Waals surface area contributed by atoms with Crippen LogP contribution in [-0.4, -0.2) is 67.7 Å². The number of nitrogens with zero attached hydrogens (tertiary/aromatic N) is 1. The fourth-order valence-electron chi connectivity index (χ4n) is 2.11. The highest BCUT2D eigenvalue weighted by molar-refractivity contribution is 7.80. The van der Waals surface area contributed by atoms with Crippen molar-refractivity contribution in [3.63, 3.8) is 0 Å². The highest BCUT2D eigenvalue weighted by Gasteiger charge is 2.29. The summed E-state index contributed by atoms with van der Waals surface area (Å²) >= 11 is 0. The number of benzene rings is 1. The van der Waals surface area contributed by atoms with Crippen molar-refractivity contribution in [2.75, 3.05) is 54.7 Å². The molecular formula is C14H24NO7S+. The average Bonchev–Trinajstić information content (AvgIpc) is 2.55. The van der Waals surface area contributed by atoms with Crippen LogP contribution >= 0.6 is 0 Å². The number of likely N-dealkylation sites (N-methyl/N-ethyl adjacent to an activating group) is 1. The third kappa shape index (κ3) is 6.32. The molecule has 0 atom stereocenters. The van der Waals surface area contributed by atoms with E-state index < -0.39 is 10.4 Å². The summed E-state index contributed by atoms with van der Waals surface area (Å²) in [4.78, 5) is 0. The lowest BCUT2D eigenvalue weighted by molar-refractivity contribution is 0.0525. The Morgan fingerprint density at radius 2 is 1.48 bits per heavy atom. The van der Waals surface area contributed by atoms with Crippen LogP contribution in [0.3, 0.4) is 0 Å². The predicted octanol–water partition coefficient (Wildman–Crippen LogP) is 1.11. The number of morpholine rings is 1. The molecule has 0 amide bonds. The summed E-state index contributed by atoms with van der Waals surface area (Å²) in [5, 5.41) is 0. The van der Waals surface area contributed by atoms with E-state index in [0.29, 0.717) is 0 Å². The maximum atomic E-state index is 9.33. The zero-order valence-corrected chi connectivity index (χ0v) is 14.6. The van der Waals surface area contributed by atoms with Crippen LogP contribution in [0.15, 0.2) is 18.2 Å². The Labute approximate surface area is 137 Å². The SMILES string of the molecule is COS(=O)(=O)O.COc1cc(OC)cc([N+]2(C)CCOCC2)c1. The molecule has 9 heteroatoms. The summed E-state index contributed by atoms with van der Waals surface area (Å²) in [6.45, 7) is 3.57. The van der Waals surface area contributed by atoms with Gasteiger partial charge in [-0.3, -0.25) is 13.2 Å². The summed E-state index contributed by atoms with van der Waals surface area (Å²) in [6.07, 6.45) is 0. The van der Waals surface area contributed by atoms with Crippen molar-refractivity contribution in [2.24, 2.45) is 0 Å². The molecule has 0 unspecified atom stereocenters. The summed E-state index contributed by atoms with van der Waals surface area (Å²) in [5.41, 5.74) is 1.21. The Bertz CT molecular complexity index is 575. The minimum atomic E-state index is -4.16. The van der Waals surface area contributed by atoms with Gasteiger partial charge in [-0.05, 0) is 0 Å². The van der Waals surface area contributed by atoms with Crippen molar-refractivity contribution in [1.29, 1.82) is 0 Å². The first-order valence-electron chi connectivity index (χ1n) is 6.93. The first-order valence-corrected chi connectivity index (χ1v) is 8.29. The molecule has 23 heavy (non-hydrogen) atoms. The van der Waals surface area contributed by atoms with Crippen LogP contribution in [0.2, 0.25) is 0 Å². The number of rotatable bonds is 4. The standard InChI is InChI=1S/C13H20NO3.CH4O4S/c1-14(4-6-17-7-5-14)11-8-12(15-2)10-13(9-11)16-3;1-5-6(2,3)4/h8-10H,4-7H2,1-3H3;1H3,(H,2,3,4)/q+1;. The second-order valence-electron chi connectivity index (χ2n) is 5.12. The van der Waals surface area contributed by atoms with Gasteiger partial charge in [0, 0.05) is 18.2 Å². The van der Waals surface area contributed by atoms with Crippen LogP contribution in [0.4, 0.5) is 5.69 Å². The van der Waals surface area contributed by atoms with Crippen LogP contribution in [0.5, 0.6) is 11.5 Å². The summed E-state index contributed by atoms with van der Waals surface area (Å²) in [6, 6.07) is 6.05. The normalized spacial score (nSPS) is 16.9. The molecule has 1 aromatic rings. The van der Waals surface area contributed by atoms with Crippen molar-refractivity contribution in [1.82, 2.24) is 4.48 Å². The summed E-state index contributed by atoms with van der Waals surface area (Å²) in [5.74, 6) is 1.68. The highest BCUT2D eigenvalue weighted by atomic mass is 32.3. The lowest BCUT2D eigenvalue weighted by Crippen LogP contribution is -2.53. The maximum Gasteiger partial charge on any atom is 0.397 e. The molecule has 1 N–H and O–H groups in total. The van der Waals surface area contributed by atoms with Crippen LogP contribution in [0.25, 0.3) is 0 Å². The van der Waals surface area contributed by atoms with Crippen LogP contribution < -0.4 is 14.0 Å². The van der Waals surface area contributed by atoms with E-state index in [4.69, 9.17) is 18.8 Å². The average molecular weight is 350 g/mol. The van der Waals surface area contributed by atoms with Gasteiger partial charge in [0.15, 0.2) is 0 Å². The molecule has 0 spiro atoms. The zero-order valence-electron chi connectivity index (χ0n) is 13.8. The fraction of sp³-hybridized carbons (Fsp3) is 0.571. The van der Waals surface area contributed by atoms with Gasteiger partial charge < -0.3 is 14.2 Å². The van der Waals surface area contributed by atoms with E-state index in [1.807, 2.05) is 6.07 Å². The van der Waals surface area contributed by atoms with E-state index in [2.05, 4.69) is 23.4 Å². The van der Waals surface area contributed by atoms with Crippen molar-refractivity contribution in [3.8, 4) is 11.5 Å². The monoisotopic (exact) mass is 350 g/mol. The van der Waals surface area contributed by atoms with Gasteiger partial charge in [-0.1, -0.05) is 0 Å². The second-order valence-corrected chi connectivity index (χ2v) is 6.31. The van der Waals surface area contributed by atoms with Crippen molar-refractivity contribution in [2.45, 2.75) is 0 Å². The zero-order chi connectivity index (χ0) is 17.5. The molecule has 1 aliphatic heterocycles. The summed E-state index contributed by atoms with van der Waals surface area (Å²) in [7, 11) is 2.28. The molecule has 0 saturated carbocycles. The molecule has 0 aliphatic carbocycles. The number of quaternary nitrogens is 1. The molecular weight excluding hydrogens is 326 g/mol. The Morgan fingerprint density at radius 3 is 1.83 bits per heavy atom. The minimum Gasteiger partial charge on any atom is -0.496 e. The first-order chi connectivity index (χ1) is 10.7. The Morgan fingerprint density at radius 1 is 1.04 bits per heavy atom. The Hall–Kier alpha value is -1.39. The van der Waals surface area contributed by atoms with E-state index >= 15 is 0 Å². The van der Waals surface area contributed by atoms with Crippen molar-refractivity contribution >= 4 is 16.1 Å². The van der Waals surface area contributed by atoms with E-state index in [1.54, 1.807) is 14.2 Å². The number of hydrogen-bond donors (Lipinski definition) is 1. The highest BCUT2D eigenvalue weighted by Crippen LogP contribution is 2.32. The van der Waals surface area contributed by atoms with Gasteiger partial charge in [-0.2, -0.15) is 8.42 Å². The predicted molar refractivity (Wildman–Crippen MR) is 86.4 cm³/mol. The van der Waals surface area contributed by atoms with E-state index in [9.17, 15) is 8.42 Å². The van der Waals surface area contributed by atoms with Gasteiger partial charge in [-0.15, -0.1) is 0 Å². The molecule has 0 bridgehead atoms. The molecule has 0 aromatic heterocycles. The Kier molecular flexibility index (Phi) is 7.23. The molecule has 132 valence electrons. The smallest absolute Gasteiger partial charge is 0.397 e. The minimum absolute atomic E-state index is 0.802. The molecule has 1 saturated heterocycles. The largest absolute Gasteiger partial charge is 0.496 e. The number of hydrogen-bond acceptors (Lipinski definition) is 6. The molecule has 1 fully saturated rings. The topological polar surface area (TPSA) is 91.3 Å². The maximum absolute atomic E-state index is 9.33. The molecule has 8 nitrogen and oxygen atoms in total. The molecule has 1 aromatic carbocycles. The third-order valence-corrected chi connectivity index (χ3v) is 4.05. The van der Waals surface area contributed by atoms with Gasteiger partial charge >= 0.3 is 10.4 Å². The van der Waals surface area contributed by atoms with E-state index in [-0.39, 0.29) is 0 Å². The van der Waals surface area contributed by atoms with Crippen molar-refractivity contribution in [3.05, 3.63) is 18.2 Å². The second kappa shape index (κ2) is 8.46. The fourth-order valence-corrected chi connectivity index (χ4v) is 2.11. The van der Waals surface area contributed by atoms with Gasteiger partial charge in [0.05, 0.1) is 41.6 Å². The van der Waals surface area contributed by atoms with Gasteiger partial charge in [-0.25, -0.2) is 0 Å². The molecule has 2 rings (SSSR count). The van der Waals surface area contributed by atoms with Crippen molar-refractivity contribution < 1.29 is 31.4 Å². The van der Waals surface area contributed by atoms with Crippen LogP contribution in [0, 0.1) is 0 Å². The number of methoxy groups -OCH3 is 2. The summed E-state index contributed by atoms with van der Waals surface area (Å²) < 4.78 is 46.6. The van der Waals surface area contributed by atoms with E-state index in [1.165, 1.54) is 5.69 Å². The Balaban J connectivity index is 0.000000379. The molecule has 1 heterocycles. The van der Waals surface area contributed by atoms with Gasteiger partial charge in [0.2, 0.25) is 0 Å². The first kappa shape index (κ1) is 19.7.